The van der Waals surface area contributed by atoms with E-state index in [2.05, 4.69) is 4.98 Å². The summed E-state index contributed by atoms with van der Waals surface area (Å²) < 4.78 is 18.8. The highest BCUT2D eigenvalue weighted by Crippen LogP contribution is 2.30. The van der Waals surface area contributed by atoms with Crippen molar-refractivity contribution in [3.8, 4) is 0 Å². The maximum atomic E-state index is 13.2. The summed E-state index contributed by atoms with van der Waals surface area (Å²) in [6.07, 6.45) is -1.93. The van der Waals surface area contributed by atoms with Crippen molar-refractivity contribution < 1.29 is 24.4 Å². The lowest BCUT2D eigenvalue weighted by molar-refractivity contribution is -0.0371. The molecule has 2 atom stereocenters. The molecule has 0 fully saturated rings. The minimum Gasteiger partial charge on any atom is -0.506 e. The summed E-state index contributed by atoms with van der Waals surface area (Å²) in [5.74, 6) is -2.87. The van der Waals surface area contributed by atoms with Gasteiger partial charge in [-0.05, 0) is 0 Å². The van der Waals surface area contributed by atoms with Crippen LogP contribution in [-0.4, -0.2) is 37.6 Å². The summed E-state index contributed by atoms with van der Waals surface area (Å²) in [6, 6.07) is 0. The van der Waals surface area contributed by atoms with Gasteiger partial charge in [-0.15, -0.1) is 0 Å². The average molecular weight is 259 g/mol. The molecular formula is C9H10FN3O5. The average Bonchev–Trinajstić information content (AvgIpc) is 2.61. The third-order valence-corrected chi connectivity index (χ3v) is 2.45. The molecule has 0 aliphatic carbocycles. The van der Waals surface area contributed by atoms with Gasteiger partial charge in [0.15, 0.2) is 29.4 Å². The topological polar surface area (TPSA) is 131 Å². The van der Waals surface area contributed by atoms with Gasteiger partial charge in [0.1, 0.15) is 6.10 Å². The molecule has 0 spiro atoms. The van der Waals surface area contributed by atoms with Crippen LogP contribution in [0, 0.1) is 5.82 Å². The van der Waals surface area contributed by atoms with Crippen LogP contribution in [0.25, 0.3) is 0 Å². The van der Waals surface area contributed by atoms with Gasteiger partial charge in [-0.2, -0.15) is 4.98 Å². The van der Waals surface area contributed by atoms with Gasteiger partial charge in [0, 0.05) is 0 Å². The van der Waals surface area contributed by atoms with E-state index in [9.17, 15) is 19.4 Å². The molecule has 9 heteroatoms. The second-order valence-corrected chi connectivity index (χ2v) is 3.59. The molecule has 18 heavy (non-hydrogen) atoms. The van der Waals surface area contributed by atoms with Crippen molar-refractivity contribution in [2.75, 3.05) is 12.3 Å². The zero-order valence-electron chi connectivity index (χ0n) is 8.95. The van der Waals surface area contributed by atoms with Crippen LogP contribution in [0.2, 0.25) is 0 Å². The maximum absolute atomic E-state index is 13.2. The zero-order valence-corrected chi connectivity index (χ0v) is 8.95. The van der Waals surface area contributed by atoms with E-state index < -0.39 is 47.8 Å². The Morgan fingerprint density at radius 3 is 2.72 bits per heavy atom. The number of aromatic nitrogens is 2. The number of nitrogens with zero attached hydrogens (tertiary/aromatic N) is 2. The first-order chi connectivity index (χ1) is 8.45. The number of nitrogen functional groups attached to an aromatic ring is 1. The van der Waals surface area contributed by atoms with Gasteiger partial charge in [0.2, 0.25) is 0 Å². The number of halogens is 1. The highest BCUT2D eigenvalue weighted by atomic mass is 19.1. The minimum atomic E-state index is -1.45. The minimum absolute atomic E-state index is 0.583. The number of rotatable bonds is 2. The van der Waals surface area contributed by atoms with E-state index in [0.717, 1.165) is 0 Å². The Labute approximate surface area is 99.4 Å². The molecule has 2 rings (SSSR count). The van der Waals surface area contributed by atoms with Gasteiger partial charge in [0.05, 0.1) is 12.8 Å². The lowest BCUT2D eigenvalue weighted by Gasteiger charge is -2.15. The lowest BCUT2D eigenvalue weighted by Crippen LogP contribution is -2.30. The van der Waals surface area contributed by atoms with E-state index in [-0.39, 0.29) is 0 Å². The molecule has 0 radical (unpaired) electrons. The Morgan fingerprint density at radius 2 is 2.17 bits per heavy atom. The van der Waals surface area contributed by atoms with Crippen LogP contribution in [0.15, 0.2) is 22.5 Å². The van der Waals surface area contributed by atoms with Crippen molar-refractivity contribution in [1.29, 1.82) is 0 Å². The maximum Gasteiger partial charge on any atom is 0.352 e. The van der Waals surface area contributed by atoms with Crippen LogP contribution < -0.4 is 11.4 Å². The van der Waals surface area contributed by atoms with Gasteiger partial charge >= 0.3 is 5.69 Å². The molecule has 1 aliphatic heterocycles. The summed E-state index contributed by atoms with van der Waals surface area (Å²) in [4.78, 5) is 14.7. The smallest absolute Gasteiger partial charge is 0.352 e. The van der Waals surface area contributed by atoms with E-state index in [4.69, 9.17) is 15.6 Å². The molecule has 98 valence electrons. The molecule has 0 unspecified atom stereocenters. The molecule has 1 aromatic rings. The highest BCUT2D eigenvalue weighted by Gasteiger charge is 2.36. The van der Waals surface area contributed by atoms with Crippen molar-refractivity contribution >= 4 is 5.82 Å². The van der Waals surface area contributed by atoms with Crippen LogP contribution in [-0.2, 0) is 4.74 Å². The summed E-state index contributed by atoms with van der Waals surface area (Å²) in [5.41, 5.74) is 4.14. The number of hydrogen-bond acceptors (Lipinski definition) is 7. The first-order valence-corrected chi connectivity index (χ1v) is 4.88. The quantitative estimate of drug-likeness (QED) is 0.545. The van der Waals surface area contributed by atoms with Crippen LogP contribution >= 0.6 is 0 Å². The molecule has 1 aliphatic rings. The third kappa shape index (κ3) is 1.79. The predicted octanol–water partition coefficient (Wildman–Crippen LogP) is -0.818. The fourth-order valence-corrected chi connectivity index (χ4v) is 1.53. The number of ether oxygens (including phenoxy) is 1. The fraction of sp³-hybridized carbons (Fsp3) is 0.333. The van der Waals surface area contributed by atoms with Gasteiger partial charge < -0.3 is 25.8 Å². The SMILES string of the molecule is Nc1nc(=O)n([C@@H]2O[C@H](CO)C(O)=C2O)cc1F. The van der Waals surface area contributed by atoms with Crippen LogP contribution in [0.5, 0.6) is 0 Å². The van der Waals surface area contributed by atoms with Gasteiger partial charge in [0.25, 0.3) is 0 Å². The van der Waals surface area contributed by atoms with Gasteiger partial charge in [-0.25, -0.2) is 9.18 Å². The van der Waals surface area contributed by atoms with Gasteiger partial charge in [-0.1, -0.05) is 0 Å². The monoisotopic (exact) mass is 259 g/mol. The Kier molecular flexibility index (Phi) is 2.93. The van der Waals surface area contributed by atoms with Crippen LogP contribution in [0.3, 0.4) is 0 Å². The van der Waals surface area contributed by atoms with Crippen molar-refractivity contribution in [2.24, 2.45) is 0 Å². The van der Waals surface area contributed by atoms with Crippen molar-refractivity contribution in [3.63, 3.8) is 0 Å². The molecule has 2 heterocycles. The zero-order chi connectivity index (χ0) is 13.4. The molecule has 0 bridgehead atoms. The van der Waals surface area contributed by atoms with Crippen molar-refractivity contribution in [2.45, 2.75) is 12.3 Å². The Bertz CT molecular complexity index is 570. The summed E-state index contributed by atoms with van der Waals surface area (Å²) in [7, 11) is 0. The number of hydrogen-bond donors (Lipinski definition) is 4. The van der Waals surface area contributed by atoms with Crippen molar-refractivity contribution in [3.05, 3.63) is 34.0 Å². The lowest BCUT2D eigenvalue weighted by atomic mass is 10.3. The van der Waals surface area contributed by atoms with Crippen LogP contribution in [0.4, 0.5) is 10.2 Å². The standard InChI is InChI=1S/C9H10FN3O5/c10-3-1-13(9(17)12-7(3)11)8-6(16)5(15)4(2-14)18-8/h1,4,8,14-16H,2H2,(H2,11,12,17)/t4-,8-/m1/s1. The Balaban J connectivity index is 2.46. The normalized spacial score (nSPS) is 23.7. The Morgan fingerprint density at radius 1 is 1.50 bits per heavy atom. The molecule has 1 aromatic heterocycles. The highest BCUT2D eigenvalue weighted by molar-refractivity contribution is 5.27. The van der Waals surface area contributed by atoms with E-state index >= 15 is 0 Å². The largest absolute Gasteiger partial charge is 0.506 e. The van der Waals surface area contributed by atoms with E-state index in [1.165, 1.54) is 0 Å². The molecule has 0 saturated carbocycles. The second-order valence-electron chi connectivity index (χ2n) is 3.59. The number of anilines is 1. The van der Waals surface area contributed by atoms with E-state index in [1.54, 1.807) is 0 Å². The molecule has 8 nitrogen and oxygen atoms in total. The molecule has 0 saturated heterocycles. The molecule has 0 aromatic carbocycles. The molecule has 5 N–H and O–H groups in total. The molecular weight excluding hydrogens is 249 g/mol. The molecule has 0 amide bonds. The first kappa shape index (κ1) is 12.3. The fourth-order valence-electron chi connectivity index (χ4n) is 1.53. The predicted molar refractivity (Wildman–Crippen MR) is 56.1 cm³/mol. The summed E-state index contributed by atoms with van der Waals surface area (Å²) in [6.45, 7) is -0.605. The number of aliphatic hydroxyl groups is 3. The Hall–Kier alpha value is -2.13. The first-order valence-electron chi connectivity index (χ1n) is 4.88. The van der Waals surface area contributed by atoms with E-state index in [1.807, 2.05) is 0 Å². The van der Waals surface area contributed by atoms with Crippen LogP contribution in [0.1, 0.15) is 6.23 Å². The van der Waals surface area contributed by atoms with Gasteiger partial charge in [-0.3, -0.25) is 4.57 Å². The second kappa shape index (κ2) is 4.27. The number of aliphatic hydroxyl groups excluding tert-OH is 3. The third-order valence-electron chi connectivity index (χ3n) is 2.45. The summed E-state index contributed by atoms with van der Waals surface area (Å²) in [5, 5.41) is 27.8. The van der Waals surface area contributed by atoms with E-state index in [0.29, 0.717) is 10.8 Å². The summed E-state index contributed by atoms with van der Waals surface area (Å²) >= 11 is 0. The number of nitrogens with two attached hydrogens (primary N) is 1. The van der Waals surface area contributed by atoms with Crippen molar-refractivity contribution in [1.82, 2.24) is 9.55 Å².